The van der Waals surface area contributed by atoms with Crippen LogP contribution in [-0.2, 0) is 0 Å². The fourth-order valence-electron chi connectivity index (χ4n) is 3.22. The van der Waals surface area contributed by atoms with Gasteiger partial charge < -0.3 is 19.8 Å². The van der Waals surface area contributed by atoms with Crippen LogP contribution < -0.4 is 0 Å². The number of aliphatic hydroxyl groups is 3. The van der Waals surface area contributed by atoms with E-state index in [1.54, 1.807) is 0 Å². The van der Waals surface area contributed by atoms with E-state index in [4.69, 9.17) is 15.3 Å². The Balaban J connectivity index is 4.53. The topological polar surface area (TPSA) is 60.7 Å². The van der Waals surface area contributed by atoms with Gasteiger partial charge >= 0.3 is 0 Å². The van der Waals surface area contributed by atoms with Crippen molar-refractivity contribution in [3.05, 3.63) is 0 Å². The van der Waals surface area contributed by atoms with Gasteiger partial charge in [0.05, 0.1) is 26.2 Å². The van der Waals surface area contributed by atoms with Gasteiger partial charge in [-0.25, -0.2) is 0 Å². The molecule has 3 N–H and O–H groups in total. The molecule has 0 unspecified atom stereocenters. The highest BCUT2D eigenvalue weighted by molar-refractivity contribution is 4.52. The molecule has 0 aliphatic heterocycles. The molecule has 0 aromatic carbocycles. The van der Waals surface area contributed by atoms with E-state index in [0.717, 1.165) is 62.6 Å². The number of aliphatic hydroxyl groups excluding tert-OH is 3. The first kappa shape index (κ1) is 21.8. The third kappa shape index (κ3) is 11.4. The number of nitrogens with zero attached hydrogens (tertiary/aromatic N) is 1. The van der Waals surface area contributed by atoms with E-state index in [1.165, 1.54) is 32.2 Å². The molecule has 0 rings (SSSR count). The molecule has 4 heteroatoms. The molecule has 0 aromatic rings. The Morgan fingerprint density at radius 3 is 1.18 bits per heavy atom. The molecule has 0 saturated heterocycles. The van der Waals surface area contributed by atoms with Crippen LogP contribution in [0.25, 0.3) is 0 Å². The zero-order valence-electron chi connectivity index (χ0n) is 14.8. The van der Waals surface area contributed by atoms with Crippen molar-refractivity contribution in [3.63, 3.8) is 0 Å². The molecule has 0 amide bonds. The lowest BCUT2D eigenvalue weighted by molar-refractivity contribution is -0.929. The minimum absolute atomic E-state index is 0.281. The molecule has 0 heterocycles. The Morgan fingerprint density at radius 1 is 0.500 bits per heavy atom. The summed E-state index contributed by atoms with van der Waals surface area (Å²) in [5.41, 5.74) is 0. The standard InChI is InChI=1S/C18H40NO3/c1-2-3-4-5-12-19(13-6-9-16-20,14-7-10-17-21)15-8-11-18-22/h20-22H,2-18H2,1H3/q+1. The summed E-state index contributed by atoms with van der Waals surface area (Å²) >= 11 is 0. The number of hydrogen-bond donors (Lipinski definition) is 3. The molecule has 0 aliphatic rings. The van der Waals surface area contributed by atoms with Gasteiger partial charge in [-0.2, -0.15) is 0 Å². The molecule has 0 fully saturated rings. The normalized spacial score (nSPS) is 12.0. The maximum absolute atomic E-state index is 9.06. The second kappa shape index (κ2) is 15.7. The van der Waals surface area contributed by atoms with Crippen molar-refractivity contribution in [2.45, 2.75) is 71.1 Å². The fourth-order valence-corrected chi connectivity index (χ4v) is 3.22. The third-order valence-corrected chi connectivity index (χ3v) is 4.61. The Bertz CT molecular complexity index is 198. The smallest absolute Gasteiger partial charge is 0.0787 e. The van der Waals surface area contributed by atoms with Crippen LogP contribution in [0.1, 0.15) is 71.1 Å². The predicted octanol–water partition coefficient (Wildman–Crippen LogP) is 2.70. The molecule has 0 aromatic heterocycles. The number of hydrogen-bond acceptors (Lipinski definition) is 3. The van der Waals surface area contributed by atoms with Crippen LogP contribution in [0.2, 0.25) is 0 Å². The summed E-state index contributed by atoms with van der Waals surface area (Å²) in [5, 5.41) is 27.2. The van der Waals surface area contributed by atoms with Gasteiger partial charge in [0.1, 0.15) is 0 Å². The Labute approximate surface area is 137 Å². The lowest BCUT2D eigenvalue weighted by atomic mass is 10.1. The highest BCUT2D eigenvalue weighted by Gasteiger charge is 2.25. The summed E-state index contributed by atoms with van der Waals surface area (Å²) in [5.74, 6) is 0. The van der Waals surface area contributed by atoms with Crippen LogP contribution in [0, 0.1) is 0 Å². The monoisotopic (exact) mass is 318 g/mol. The van der Waals surface area contributed by atoms with Crippen molar-refractivity contribution in [3.8, 4) is 0 Å². The fraction of sp³-hybridized carbons (Fsp3) is 1.00. The van der Waals surface area contributed by atoms with Crippen LogP contribution in [0.5, 0.6) is 0 Å². The van der Waals surface area contributed by atoms with E-state index in [2.05, 4.69) is 6.92 Å². The van der Waals surface area contributed by atoms with Crippen LogP contribution in [0.3, 0.4) is 0 Å². The SMILES string of the molecule is CCCCCC[N+](CCCCO)(CCCCO)CCCCO. The van der Waals surface area contributed by atoms with Crippen molar-refractivity contribution in [1.29, 1.82) is 0 Å². The highest BCUT2D eigenvalue weighted by atomic mass is 16.3. The van der Waals surface area contributed by atoms with Crippen LogP contribution in [-0.4, -0.2) is 65.8 Å². The molecule has 0 radical (unpaired) electrons. The van der Waals surface area contributed by atoms with Gasteiger partial charge in [-0.05, 0) is 51.4 Å². The Morgan fingerprint density at radius 2 is 0.864 bits per heavy atom. The molecule has 0 bridgehead atoms. The largest absolute Gasteiger partial charge is 0.396 e. The van der Waals surface area contributed by atoms with Gasteiger partial charge in [0.15, 0.2) is 0 Å². The zero-order valence-corrected chi connectivity index (χ0v) is 14.8. The first-order valence-electron chi connectivity index (χ1n) is 9.42. The zero-order chi connectivity index (χ0) is 16.5. The van der Waals surface area contributed by atoms with Crippen molar-refractivity contribution in [2.24, 2.45) is 0 Å². The molecule has 4 nitrogen and oxygen atoms in total. The molecule has 0 saturated carbocycles. The summed E-state index contributed by atoms with van der Waals surface area (Å²) in [6, 6.07) is 0. The first-order chi connectivity index (χ1) is 10.7. The van der Waals surface area contributed by atoms with Gasteiger partial charge in [-0.15, -0.1) is 0 Å². The maximum Gasteiger partial charge on any atom is 0.0787 e. The predicted molar refractivity (Wildman–Crippen MR) is 92.8 cm³/mol. The summed E-state index contributed by atoms with van der Waals surface area (Å²) in [6.45, 7) is 7.68. The highest BCUT2D eigenvalue weighted by Crippen LogP contribution is 2.17. The molecular formula is C18H40NO3+. The van der Waals surface area contributed by atoms with E-state index >= 15 is 0 Å². The van der Waals surface area contributed by atoms with Gasteiger partial charge in [-0.3, -0.25) is 0 Å². The lowest BCUT2D eigenvalue weighted by Gasteiger charge is -2.39. The minimum atomic E-state index is 0.281. The van der Waals surface area contributed by atoms with Gasteiger partial charge in [0.2, 0.25) is 0 Å². The summed E-state index contributed by atoms with van der Waals surface area (Å²) < 4.78 is 1.11. The van der Waals surface area contributed by atoms with Crippen molar-refractivity contribution >= 4 is 0 Å². The number of unbranched alkanes of at least 4 members (excludes halogenated alkanes) is 6. The van der Waals surface area contributed by atoms with Gasteiger partial charge in [0.25, 0.3) is 0 Å². The van der Waals surface area contributed by atoms with E-state index in [1.807, 2.05) is 0 Å². The van der Waals surface area contributed by atoms with Crippen LogP contribution in [0.4, 0.5) is 0 Å². The third-order valence-electron chi connectivity index (χ3n) is 4.61. The lowest BCUT2D eigenvalue weighted by Crippen LogP contribution is -2.51. The second-order valence-corrected chi connectivity index (χ2v) is 6.59. The molecule has 0 atom stereocenters. The van der Waals surface area contributed by atoms with Crippen molar-refractivity contribution in [1.82, 2.24) is 0 Å². The van der Waals surface area contributed by atoms with E-state index < -0.39 is 0 Å². The molecule has 0 spiro atoms. The quantitative estimate of drug-likeness (QED) is 0.285. The Kier molecular flexibility index (Phi) is 15.6. The maximum atomic E-state index is 9.06. The van der Waals surface area contributed by atoms with Crippen molar-refractivity contribution < 1.29 is 19.8 Å². The summed E-state index contributed by atoms with van der Waals surface area (Å²) in [6.07, 6.45) is 11.0. The van der Waals surface area contributed by atoms with E-state index in [9.17, 15) is 0 Å². The van der Waals surface area contributed by atoms with Crippen LogP contribution >= 0.6 is 0 Å². The van der Waals surface area contributed by atoms with Crippen LogP contribution in [0.15, 0.2) is 0 Å². The first-order valence-corrected chi connectivity index (χ1v) is 9.42. The molecule has 134 valence electrons. The molecule has 0 aliphatic carbocycles. The average molecular weight is 319 g/mol. The van der Waals surface area contributed by atoms with E-state index in [0.29, 0.717) is 0 Å². The summed E-state index contributed by atoms with van der Waals surface area (Å²) in [7, 11) is 0. The molecular weight excluding hydrogens is 278 g/mol. The summed E-state index contributed by atoms with van der Waals surface area (Å²) in [4.78, 5) is 0. The minimum Gasteiger partial charge on any atom is -0.396 e. The number of quaternary nitrogens is 1. The van der Waals surface area contributed by atoms with Crippen molar-refractivity contribution in [2.75, 3.05) is 46.0 Å². The van der Waals surface area contributed by atoms with Gasteiger partial charge in [-0.1, -0.05) is 19.8 Å². The average Bonchev–Trinajstić information content (AvgIpc) is 2.52. The Hall–Kier alpha value is -0.160. The van der Waals surface area contributed by atoms with Gasteiger partial charge in [0, 0.05) is 19.8 Å². The second-order valence-electron chi connectivity index (χ2n) is 6.59. The van der Waals surface area contributed by atoms with E-state index in [-0.39, 0.29) is 19.8 Å². The molecule has 22 heavy (non-hydrogen) atoms. The number of rotatable bonds is 17.